The van der Waals surface area contributed by atoms with Crippen LogP contribution < -0.4 is 0 Å². The number of amides is 2. The van der Waals surface area contributed by atoms with E-state index in [1.165, 1.54) is 30.5 Å². The first-order chi connectivity index (χ1) is 13.9. The van der Waals surface area contributed by atoms with E-state index in [0.717, 1.165) is 4.31 Å². The van der Waals surface area contributed by atoms with Gasteiger partial charge >= 0.3 is 10.2 Å². The smallest absolute Gasteiger partial charge is 0.345 e. The first kappa shape index (κ1) is 19.0. The zero-order valence-electron chi connectivity index (χ0n) is 15.5. The minimum atomic E-state index is -4.05. The van der Waals surface area contributed by atoms with Gasteiger partial charge in [0, 0.05) is 33.2 Å². The molecule has 2 aromatic heterocycles. The van der Waals surface area contributed by atoms with Crippen LogP contribution in [0.1, 0.15) is 16.3 Å². The van der Waals surface area contributed by atoms with Crippen LogP contribution in [0.25, 0.3) is 0 Å². The molecule has 4 rings (SSSR count). The Labute approximate surface area is 166 Å². The number of allylic oxidation sites excluding steroid dienone is 1. The molecular formula is C18H18N4O6S. The molecule has 0 spiro atoms. The van der Waals surface area contributed by atoms with Gasteiger partial charge in [-0.1, -0.05) is 0 Å². The summed E-state index contributed by atoms with van der Waals surface area (Å²) in [4.78, 5) is 28.5. The lowest BCUT2D eigenvalue weighted by Crippen LogP contribution is -2.52. The third kappa shape index (κ3) is 3.56. The molecule has 2 amide bonds. The van der Waals surface area contributed by atoms with E-state index in [-0.39, 0.29) is 41.9 Å². The molecule has 0 aliphatic carbocycles. The van der Waals surface area contributed by atoms with E-state index in [1.807, 2.05) is 0 Å². The minimum Gasteiger partial charge on any atom is -0.463 e. The molecule has 0 radical (unpaired) electrons. The van der Waals surface area contributed by atoms with Crippen molar-refractivity contribution in [3.05, 3.63) is 60.1 Å². The van der Waals surface area contributed by atoms with Crippen molar-refractivity contribution in [3.63, 3.8) is 0 Å². The van der Waals surface area contributed by atoms with Crippen LogP contribution in [-0.4, -0.2) is 73.3 Å². The summed E-state index contributed by atoms with van der Waals surface area (Å²) in [6, 6.07) is 6.39. The van der Waals surface area contributed by atoms with Gasteiger partial charge in [0.25, 0.3) is 11.8 Å². The van der Waals surface area contributed by atoms with Crippen molar-refractivity contribution in [2.45, 2.75) is 0 Å². The molecule has 2 aliphatic rings. The fraction of sp³-hybridized carbons (Fsp3) is 0.278. The summed E-state index contributed by atoms with van der Waals surface area (Å²) in [7, 11) is -2.78. The Kier molecular flexibility index (Phi) is 4.74. The zero-order chi connectivity index (χ0) is 20.6. The lowest BCUT2D eigenvalue weighted by atomic mass is 10.2. The van der Waals surface area contributed by atoms with Crippen molar-refractivity contribution in [1.82, 2.24) is 14.1 Å². The van der Waals surface area contributed by atoms with Gasteiger partial charge in [-0.25, -0.2) is 4.31 Å². The highest BCUT2D eigenvalue weighted by molar-refractivity contribution is 7.88. The monoisotopic (exact) mass is 418 g/mol. The summed E-state index contributed by atoms with van der Waals surface area (Å²) >= 11 is 0. The molecule has 0 bridgehead atoms. The number of nitrogens with zero attached hydrogens (tertiary/aromatic N) is 4. The van der Waals surface area contributed by atoms with Crippen molar-refractivity contribution in [3.8, 4) is 0 Å². The molecule has 0 unspecified atom stereocenters. The lowest BCUT2D eigenvalue weighted by molar-refractivity contribution is -0.129. The first-order valence-electron chi connectivity index (χ1n) is 8.83. The van der Waals surface area contributed by atoms with E-state index < -0.39 is 16.1 Å². The average molecular weight is 418 g/mol. The molecule has 0 N–H and O–H groups in total. The Morgan fingerprint density at radius 1 is 0.966 bits per heavy atom. The molecule has 29 heavy (non-hydrogen) atoms. The molecular weight excluding hydrogens is 400 g/mol. The van der Waals surface area contributed by atoms with Gasteiger partial charge in [0.05, 0.1) is 12.5 Å². The SMILES string of the molecule is CN1C(C(=O)N2CCN(C(=O)c3ccco3)CC2)=CC(c2ccco2)=NS1(=O)=O. The third-order valence-corrected chi connectivity index (χ3v) is 6.07. The fourth-order valence-electron chi connectivity index (χ4n) is 3.12. The Morgan fingerprint density at radius 2 is 1.59 bits per heavy atom. The number of carbonyl (C=O) groups is 2. The molecule has 0 aromatic carbocycles. The summed E-state index contributed by atoms with van der Waals surface area (Å²) < 4.78 is 39.6. The number of hydrogen-bond donors (Lipinski definition) is 0. The summed E-state index contributed by atoms with van der Waals surface area (Å²) in [6.45, 7) is 1.16. The molecule has 4 heterocycles. The highest BCUT2D eigenvalue weighted by Crippen LogP contribution is 2.22. The molecule has 0 atom stereocenters. The van der Waals surface area contributed by atoms with Gasteiger partial charge in [0.1, 0.15) is 11.4 Å². The number of rotatable bonds is 3. The van der Waals surface area contributed by atoms with Crippen LogP contribution in [0, 0.1) is 0 Å². The van der Waals surface area contributed by atoms with Gasteiger partial charge in [-0.05, 0) is 30.3 Å². The number of carbonyl (C=O) groups excluding carboxylic acids is 2. The minimum absolute atomic E-state index is 0.0304. The van der Waals surface area contributed by atoms with E-state index >= 15 is 0 Å². The summed E-state index contributed by atoms with van der Waals surface area (Å²) in [5, 5.41) is 0. The standard InChI is InChI=1S/C18H18N4O6S/c1-20-14(12-13(19-29(20,25)26)15-4-2-10-27-15)17(23)21-6-8-22(9-7-21)18(24)16-5-3-11-28-16/h2-5,10-12H,6-9H2,1H3. The maximum absolute atomic E-state index is 13.0. The van der Waals surface area contributed by atoms with Crippen LogP contribution in [0.15, 0.2) is 61.8 Å². The van der Waals surface area contributed by atoms with E-state index in [9.17, 15) is 18.0 Å². The van der Waals surface area contributed by atoms with Crippen LogP contribution in [-0.2, 0) is 15.0 Å². The number of hydrogen-bond acceptors (Lipinski definition) is 6. The van der Waals surface area contributed by atoms with Crippen LogP contribution in [0.4, 0.5) is 0 Å². The van der Waals surface area contributed by atoms with Crippen LogP contribution in [0.5, 0.6) is 0 Å². The van der Waals surface area contributed by atoms with Gasteiger partial charge < -0.3 is 18.6 Å². The maximum Gasteiger partial charge on any atom is 0.345 e. The largest absolute Gasteiger partial charge is 0.463 e. The van der Waals surface area contributed by atoms with Crippen molar-refractivity contribution in [2.24, 2.45) is 4.40 Å². The maximum atomic E-state index is 13.0. The van der Waals surface area contributed by atoms with Crippen molar-refractivity contribution >= 4 is 27.7 Å². The van der Waals surface area contributed by atoms with Gasteiger partial charge in [-0.15, -0.1) is 4.40 Å². The Hall–Kier alpha value is -3.34. The van der Waals surface area contributed by atoms with Crippen molar-refractivity contribution in [2.75, 3.05) is 33.2 Å². The summed E-state index contributed by atoms with van der Waals surface area (Å²) in [6.07, 6.45) is 4.22. The topological polar surface area (TPSA) is 117 Å². The second-order valence-corrected chi connectivity index (χ2v) is 8.12. The van der Waals surface area contributed by atoms with Gasteiger partial charge in [-0.2, -0.15) is 8.42 Å². The normalized spacial score (nSPS) is 19.0. The Morgan fingerprint density at radius 3 is 2.17 bits per heavy atom. The highest BCUT2D eigenvalue weighted by atomic mass is 32.2. The predicted octanol–water partition coefficient (Wildman–Crippen LogP) is 0.720. The molecule has 2 aliphatic heterocycles. The second-order valence-electron chi connectivity index (χ2n) is 6.49. The lowest BCUT2D eigenvalue weighted by Gasteiger charge is -2.36. The van der Waals surface area contributed by atoms with Crippen molar-refractivity contribution in [1.29, 1.82) is 0 Å². The first-order valence-corrected chi connectivity index (χ1v) is 10.2. The average Bonchev–Trinajstić information content (AvgIpc) is 3.43. The number of piperazine rings is 1. The Bertz CT molecular complexity index is 1080. The predicted molar refractivity (Wildman–Crippen MR) is 101 cm³/mol. The molecule has 1 fully saturated rings. The van der Waals surface area contributed by atoms with Crippen LogP contribution >= 0.6 is 0 Å². The van der Waals surface area contributed by atoms with Crippen LogP contribution in [0.3, 0.4) is 0 Å². The molecule has 11 heteroatoms. The second kappa shape index (κ2) is 7.24. The number of likely N-dealkylation sites (N-methyl/N-ethyl adjacent to an activating group) is 1. The fourth-order valence-corrected chi connectivity index (χ4v) is 4.02. The Balaban J connectivity index is 1.51. The molecule has 1 saturated heterocycles. The molecule has 0 saturated carbocycles. The van der Waals surface area contributed by atoms with Gasteiger partial charge in [0.2, 0.25) is 0 Å². The number of furan rings is 2. The highest BCUT2D eigenvalue weighted by Gasteiger charge is 2.34. The third-order valence-electron chi connectivity index (χ3n) is 4.75. The zero-order valence-corrected chi connectivity index (χ0v) is 16.3. The van der Waals surface area contributed by atoms with E-state index in [4.69, 9.17) is 8.83 Å². The molecule has 152 valence electrons. The summed E-state index contributed by atoms with van der Waals surface area (Å²) in [5.41, 5.74) is 0.0281. The molecule has 2 aromatic rings. The summed E-state index contributed by atoms with van der Waals surface area (Å²) in [5.74, 6) is -0.211. The quantitative estimate of drug-likeness (QED) is 0.725. The molecule has 10 nitrogen and oxygen atoms in total. The van der Waals surface area contributed by atoms with E-state index in [0.29, 0.717) is 13.1 Å². The van der Waals surface area contributed by atoms with Crippen molar-refractivity contribution < 1.29 is 26.8 Å². The van der Waals surface area contributed by atoms with Gasteiger partial charge in [0.15, 0.2) is 11.5 Å². The van der Waals surface area contributed by atoms with Gasteiger partial charge in [-0.3, -0.25) is 9.59 Å². The van der Waals surface area contributed by atoms with Crippen LogP contribution in [0.2, 0.25) is 0 Å². The van der Waals surface area contributed by atoms with E-state index in [2.05, 4.69) is 4.40 Å². The van der Waals surface area contributed by atoms with E-state index in [1.54, 1.807) is 29.2 Å².